The molecule has 1 aromatic rings. The zero-order chi connectivity index (χ0) is 14.0. The van der Waals surface area contributed by atoms with Crippen LogP contribution in [0.2, 0.25) is 0 Å². The van der Waals surface area contributed by atoms with E-state index in [4.69, 9.17) is 4.74 Å². The van der Waals surface area contributed by atoms with Gasteiger partial charge in [-0.05, 0) is 51.3 Å². The van der Waals surface area contributed by atoms with E-state index in [0.717, 1.165) is 13.0 Å². The number of rotatable bonds is 1. The maximum atomic E-state index is 11.8. The molecule has 1 aliphatic heterocycles. The second-order valence-corrected chi connectivity index (χ2v) is 6.03. The van der Waals surface area contributed by atoms with Gasteiger partial charge in [0.1, 0.15) is 5.60 Å². The summed E-state index contributed by atoms with van der Waals surface area (Å²) in [4.78, 5) is 11.8. The van der Waals surface area contributed by atoms with Crippen molar-refractivity contribution in [3.63, 3.8) is 0 Å². The topological polar surface area (TPSA) is 50.4 Å². The van der Waals surface area contributed by atoms with E-state index in [9.17, 15) is 4.79 Å². The number of benzene rings is 1. The van der Waals surface area contributed by atoms with Crippen LogP contribution in [0, 0.1) is 6.92 Å². The predicted octanol–water partition coefficient (Wildman–Crippen LogP) is 2.86. The largest absolute Gasteiger partial charge is 0.444 e. The number of aryl methyl sites for hydroxylation is 1. The molecule has 2 N–H and O–H groups in total. The zero-order valence-corrected chi connectivity index (χ0v) is 12.0. The van der Waals surface area contributed by atoms with Crippen LogP contribution < -0.4 is 10.6 Å². The van der Waals surface area contributed by atoms with Crippen LogP contribution in [0.5, 0.6) is 0 Å². The van der Waals surface area contributed by atoms with Gasteiger partial charge in [-0.3, -0.25) is 0 Å². The number of alkyl carbamates (subject to hydrolysis) is 1. The van der Waals surface area contributed by atoms with Crippen LogP contribution in [0.15, 0.2) is 18.2 Å². The molecule has 0 saturated heterocycles. The Bertz CT molecular complexity index is 478. The van der Waals surface area contributed by atoms with Crippen LogP contribution in [0.3, 0.4) is 0 Å². The highest BCUT2D eigenvalue weighted by molar-refractivity contribution is 5.69. The van der Waals surface area contributed by atoms with Crippen molar-refractivity contribution >= 4 is 11.8 Å². The van der Waals surface area contributed by atoms with Crippen LogP contribution >= 0.6 is 0 Å². The fourth-order valence-electron chi connectivity index (χ4n) is 2.27. The molecule has 4 nitrogen and oxygen atoms in total. The lowest BCUT2D eigenvalue weighted by molar-refractivity contribution is 0.0506. The van der Waals surface area contributed by atoms with E-state index in [2.05, 4.69) is 29.7 Å². The van der Waals surface area contributed by atoms with E-state index in [1.54, 1.807) is 0 Å². The average molecular weight is 262 g/mol. The predicted molar refractivity (Wildman–Crippen MR) is 76.5 cm³/mol. The Balaban J connectivity index is 1.99. The standard InChI is InChI=1S/C15H22N2O2/c1-10-6-5-7-13-12(10)8-11(9-16-13)17-14(18)19-15(2,3)4/h5-7,11,16H,8-9H2,1-4H3,(H,17,18)/t11-/m0/s1. The van der Waals surface area contributed by atoms with Crippen LogP contribution in [0.25, 0.3) is 0 Å². The summed E-state index contributed by atoms with van der Waals surface area (Å²) < 4.78 is 5.28. The number of hydrogen-bond donors (Lipinski definition) is 2. The van der Waals surface area contributed by atoms with Gasteiger partial charge in [0.05, 0.1) is 6.04 Å². The third-order valence-corrected chi connectivity index (χ3v) is 3.12. The molecular formula is C15H22N2O2. The van der Waals surface area contributed by atoms with Crippen molar-refractivity contribution in [3.05, 3.63) is 29.3 Å². The molecule has 0 aromatic heterocycles. The van der Waals surface area contributed by atoms with Gasteiger partial charge in [-0.15, -0.1) is 0 Å². The van der Waals surface area contributed by atoms with Crippen LogP contribution in [-0.2, 0) is 11.2 Å². The summed E-state index contributed by atoms with van der Waals surface area (Å²) >= 11 is 0. The minimum Gasteiger partial charge on any atom is -0.444 e. The van der Waals surface area contributed by atoms with Gasteiger partial charge in [0.2, 0.25) is 0 Å². The quantitative estimate of drug-likeness (QED) is 0.818. The molecule has 0 fully saturated rings. The molecule has 104 valence electrons. The van der Waals surface area contributed by atoms with Crippen molar-refractivity contribution in [2.75, 3.05) is 11.9 Å². The smallest absolute Gasteiger partial charge is 0.407 e. The van der Waals surface area contributed by atoms with Gasteiger partial charge in [0.15, 0.2) is 0 Å². The van der Waals surface area contributed by atoms with Gasteiger partial charge in [-0.25, -0.2) is 4.79 Å². The van der Waals surface area contributed by atoms with E-state index in [1.807, 2.05) is 26.8 Å². The average Bonchev–Trinajstić information content (AvgIpc) is 2.27. The number of anilines is 1. The molecule has 0 aliphatic carbocycles. The van der Waals surface area contributed by atoms with Gasteiger partial charge < -0.3 is 15.4 Å². The van der Waals surface area contributed by atoms with Crippen molar-refractivity contribution in [1.29, 1.82) is 0 Å². The Morgan fingerprint density at radius 3 is 2.84 bits per heavy atom. The minimum atomic E-state index is -0.458. The highest BCUT2D eigenvalue weighted by atomic mass is 16.6. The van der Waals surface area contributed by atoms with Crippen LogP contribution in [-0.4, -0.2) is 24.3 Å². The Labute approximate surface area is 114 Å². The van der Waals surface area contributed by atoms with Gasteiger partial charge in [0.25, 0.3) is 0 Å². The molecule has 19 heavy (non-hydrogen) atoms. The molecule has 1 aliphatic rings. The molecule has 1 heterocycles. The van der Waals surface area contributed by atoms with Gasteiger partial charge >= 0.3 is 6.09 Å². The monoisotopic (exact) mass is 262 g/mol. The molecule has 0 radical (unpaired) electrons. The fraction of sp³-hybridized carbons (Fsp3) is 0.533. The van der Waals surface area contributed by atoms with Gasteiger partial charge in [-0.1, -0.05) is 12.1 Å². The van der Waals surface area contributed by atoms with Crippen LogP contribution in [0.4, 0.5) is 10.5 Å². The second-order valence-electron chi connectivity index (χ2n) is 6.03. The SMILES string of the molecule is Cc1cccc2c1C[C@H](NC(=O)OC(C)(C)C)CN2. The Morgan fingerprint density at radius 1 is 1.42 bits per heavy atom. The highest BCUT2D eigenvalue weighted by Gasteiger charge is 2.23. The normalized spacial score (nSPS) is 18.2. The van der Waals surface area contributed by atoms with Crippen LogP contribution in [0.1, 0.15) is 31.9 Å². The number of carbonyl (C=O) groups excluding carboxylic acids is 1. The molecular weight excluding hydrogens is 240 g/mol. The summed E-state index contributed by atoms with van der Waals surface area (Å²) in [7, 11) is 0. The lowest BCUT2D eigenvalue weighted by atomic mass is 9.95. The summed E-state index contributed by atoms with van der Waals surface area (Å²) in [5, 5.41) is 6.27. The summed E-state index contributed by atoms with van der Waals surface area (Å²) in [6.07, 6.45) is 0.491. The first-order valence-corrected chi connectivity index (χ1v) is 6.67. The Kier molecular flexibility index (Phi) is 3.69. The third-order valence-electron chi connectivity index (χ3n) is 3.12. The van der Waals surface area contributed by atoms with Crippen molar-refractivity contribution in [1.82, 2.24) is 5.32 Å². The third kappa shape index (κ3) is 3.63. The summed E-state index contributed by atoms with van der Waals surface area (Å²) in [5.74, 6) is 0. The molecule has 1 amide bonds. The molecule has 0 bridgehead atoms. The second kappa shape index (κ2) is 5.11. The van der Waals surface area contributed by atoms with Crippen molar-refractivity contribution in [2.24, 2.45) is 0 Å². The van der Waals surface area contributed by atoms with E-state index in [1.165, 1.54) is 16.8 Å². The number of amides is 1. The number of ether oxygens (including phenoxy) is 1. The minimum absolute atomic E-state index is 0.0726. The summed E-state index contributed by atoms with van der Waals surface area (Å²) in [6, 6.07) is 6.29. The van der Waals surface area contributed by atoms with E-state index >= 15 is 0 Å². The molecule has 1 aromatic carbocycles. The first-order valence-electron chi connectivity index (χ1n) is 6.67. The van der Waals surface area contributed by atoms with E-state index in [0.29, 0.717) is 0 Å². The Hall–Kier alpha value is -1.71. The van der Waals surface area contributed by atoms with Crippen molar-refractivity contribution in [2.45, 2.75) is 45.8 Å². The summed E-state index contributed by atoms with van der Waals surface area (Å²) in [5.41, 5.74) is 3.23. The number of fused-ring (bicyclic) bond motifs is 1. The maximum absolute atomic E-state index is 11.8. The first kappa shape index (κ1) is 13.7. The van der Waals surface area contributed by atoms with Crippen molar-refractivity contribution in [3.8, 4) is 0 Å². The number of hydrogen-bond acceptors (Lipinski definition) is 3. The summed E-state index contributed by atoms with van der Waals surface area (Å²) in [6.45, 7) is 8.42. The first-order chi connectivity index (χ1) is 8.85. The molecule has 0 unspecified atom stereocenters. The van der Waals surface area contributed by atoms with E-state index < -0.39 is 5.60 Å². The number of carbonyl (C=O) groups is 1. The van der Waals surface area contributed by atoms with Gasteiger partial charge in [0, 0.05) is 12.2 Å². The maximum Gasteiger partial charge on any atom is 0.407 e. The van der Waals surface area contributed by atoms with Gasteiger partial charge in [-0.2, -0.15) is 0 Å². The fourth-order valence-corrected chi connectivity index (χ4v) is 2.27. The molecule has 0 saturated carbocycles. The molecule has 1 atom stereocenters. The zero-order valence-electron chi connectivity index (χ0n) is 12.0. The molecule has 4 heteroatoms. The van der Waals surface area contributed by atoms with Crippen molar-refractivity contribution < 1.29 is 9.53 Å². The highest BCUT2D eigenvalue weighted by Crippen LogP contribution is 2.24. The lowest BCUT2D eigenvalue weighted by Crippen LogP contribution is -2.45. The molecule has 2 rings (SSSR count). The number of nitrogens with one attached hydrogen (secondary N) is 2. The Morgan fingerprint density at radius 2 is 2.16 bits per heavy atom. The molecule has 0 spiro atoms. The van der Waals surface area contributed by atoms with E-state index in [-0.39, 0.29) is 12.1 Å². The lowest BCUT2D eigenvalue weighted by Gasteiger charge is -2.29.